The molecule has 1 aromatic rings. The maximum absolute atomic E-state index is 11.9. The Bertz CT molecular complexity index is 451. The van der Waals surface area contributed by atoms with Crippen LogP contribution >= 0.6 is 0 Å². The van der Waals surface area contributed by atoms with Crippen molar-refractivity contribution >= 4 is 17.3 Å². The number of non-ortho nitro benzene ring substituents is 1. The second-order valence-corrected chi connectivity index (χ2v) is 3.13. The normalized spacial score (nSPS) is 10.3. The summed E-state index contributed by atoms with van der Waals surface area (Å²) in [6, 6.07) is 3.24. The average molecular weight is 245 g/mol. The molecule has 92 valence electrons. The molecule has 3 N–H and O–H groups in total. The molecule has 1 amide bonds. The first kappa shape index (κ1) is 12.8. The summed E-state index contributed by atoms with van der Waals surface area (Å²) in [5.74, 6) is -0.869. The minimum absolute atomic E-state index is 0.0117. The van der Waals surface area contributed by atoms with Crippen molar-refractivity contribution in [3.63, 3.8) is 0 Å². The predicted molar refractivity (Wildman–Crippen MR) is 55.8 cm³/mol. The molecule has 1 rings (SSSR count). The van der Waals surface area contributed by atoms with Gasteiger partial charge >= 0.3 is 0 Å². The van der Waals surface area contributed by atoms with Crippen LogP contribution < -0.4 is 11.1 Å². The van der Waals surface area contributed by atoms with E-state index in [1.807, 2.05) is 5.32 Å². The van der Waals surface area contributed by atoms with Gasteiger partial charge in [0.1, 0.15) is 0 Å². The topological polar surface area (TPSA) is 98.3 Å². The Hall–Kier alpha value is -2.25. The van der Waals surface area contributed by atoms with Crippen LogP contribution in [-0.4, -0.2) is 23.8 Å². The number of carbonyl (C=O) groups excluding carboxylic acids is 1. The van der Waals surface area contributed by atoms with Gasteiger partial charge in [-0.15, -0.1) is 0 Å². The number of nitrogens with two attached hydrogens (primary N) is 1. The van der Waals surface area contributed by atoms with Gasteiger partial charge in [0.2, 0.25) is 0 Å². The Morgan fingerprint density at radius 2 is 2.18 bits per heavy atom. The van der Waals surface area contributed by atoms with Gasteiger partial charge in [-0.2, -0.15) is 0 Å². The lowest BCUT2D eigenvalue weighted by molar-refractivity contribution is -0.384. The molecule has 0 unspecified atom stereocenters. The smallest absolute Gasteiger partial charge is 0.270 e. The molecule has 1 aromatic carbocycles. The van der Waals surface area contributed by atoms with Gasteiger partial charge in [-0.05, 0) is 6.07 Å². The van der Waals surface area contributed by atoms with Crippen LogP contribution in [0.4, 0.5) is 20.2 Å². The first-order valence-corrected chi connectivity index (χ1v) is 4.52. The third-order valence-corrected chi connectivity index (χ3v) is 1.91. The number of anilines is 1. The lowest BCUT2D eigenvalue weighted by atomic mass is 10.1. The largest absolute Gasteiger partial charge is 0.398 e. The van der Waals surface area contributed by atoms with Crippen molar-refractivity contribution in [3.8, 4) is 0 Å². The molecule has 8 heteroatoms. The second-order valence-electron chi connectivity index (χ2n) is 3.13. The van der Waals surface area contributed by atoms with Gasteiger partial charge in [0.25, 0.3) is 18.0 Å². The summed E-state index contributed by atoms with van der Waals surface area (Å²) in [4.78, 5) is 21.2. The fourth-order valence-corrected chi connectivity index (χ4v) is 1.12. The number of nitro groups is 1. The highest BCUT2D eigenvalue weighted by Crippen LogP contribution is 2.19. The van der Waals surface area contributed by atoms with Crippen molar-refractivity contribution < 1.29 is 18.5 Å². The van der Waals surface area contributed by atoms with Crippen molar-refractivity contribution in [3.05, 3.63) is 33.9 Å². The standard InChI is InChI=1S/C9H9F2N3O3/c10-8(11)4-13-9(15)6-3-5(14(16)17)1-2-7(6)12/h1-3,8H,4,12H2,(H,13,15). The number of alkyl halides is 2. The molecule has 0 fully saturated rings. The summed E-state index contributed by atoms with van der Waals surface area (Å²) in [6.07, 6.45) is -2.70. The Labute approximate surface area is 94.6 Å². The lowest BCUT2D eigenvalue weighted by Gasteiger charge is -2.06. The molecule has 0 aliphatic rings. The maximum atomic E-state index is 11.9. The van der Waals surface area contributed by atoms with Crippen LogP contribution in [0.15, 0.2) is 18.2 Å². The van der Waals surface area contributed by atoms with Crippen molar-refractivity contribution in [1.29, 1.82) is 0 Å². The van der Waals surface area contributed by atoms with Crippen LogP contribution in [0, 0.1) is 10.1 Å². The number of rotatable bonds is 4. The van der Waals surface area contributed by atoms with Crippen molar-refractivity contribution in [2.45, 2.75) is 6.43 Å². The first-order valence-electron chi connectivity index (χ1n) is 4.52. The average Bonchev–Trinajstić information content (AvgIpc) is 2.26. The molecule has 6 nitrogen and oxygen atoms in total. The second kappa shape index (κ2) is 5.19. The van der Waals surface area contributed by atoms with Gasteiger partial charge in [0.05, 0.1) is 17.0 Å². The molecule has 0 bridgehead atoms. The monoisotopic (exact) mass is 245 g/mol. The number of nitrogen functional groups attached to an aromatic ring is 1. The van der Waals surface area contributed by atoms with Crippen molar-refractivity contribution in [2.24, 2.45) is 0 Å². The number of amides is 1. The van der Waals surface area contributed by atoms with Gasteiger partial charge in [0, 0.05) is 17.8 Å². The third kappa shape index (κ3) is 3.37. The molecule has 0 spiro atoms. The predicted octanol–water partition coefficient (Wildman–Crippen LogP) is 1.17. The maximum Gasteiger partial charge on any atom is 0.270 e. The van der Waals surface area contributed by atoms with E-state index in [2.05, 4.69) is 0 Å². The molecule has 0 saturated heterocycles. The number of nitrogens with one attached hydrogen (secondary N) is 1. The molecule has 0 saturated carbocycles. The molecule has 0 heterocycles. The zero-order chi connectivity index (χ0) is 13.0. The van der Waals surface area contributed by atoms with Crippen molar-refractivity contribution in [1.82, 2.24) is 5.32 Å². The number of hydrogen-bond acceptors (Lipinski definition) is 4. The summed E-state index contributed by atoms with van der Waals surface area (Å²) >= 11 is 0. The third-order valence-electron chi connectivity index (χ3n) is 1.91. The van der Waals surface area contributed by atoms with Crippen LogP contribution in [0.3, 0.4) is 0 Å². The van der Waals surface area contributed by atoms with Crippen LogP contribution in [0.5, 0.6) is 0 Å². The molecular weight excluding hydrogens is 236 g/mol. The highest BCUT2D eigenvalue weighted by molar-refractivity contribution is 5.99. The van der Waals surface area contributed by atoms with Gasteiger partial charge in [-0.1, -0.05) is 0 Å². The molecule has 0 aliphatic heterocycles. The van der Waals surface area contributed by atoms with Crippen LogP contribution in [0.2, 0.25) is 0 Å². The summed E-state index contributed by atoms with van der Waals surface area (Å²) in [6.45, 7) is -0.832. The SMILES string of the molecule is Nc1ccc([N+](=O)[O-])cc1C(=O)NCC(F)F. The summed E-state index contributed by atoms with van der Waals surface area (Å²) in [7, 11) is 0. The number of benzene rings is 1. The van der Waals surface area contributed by atoms with E-state index < -0.39 is 23.8 Å². The van der Waals surface area contributed by atoms with Gasteiger partial charge in [-0.3, -0.25) is 14.9 Å². The fraction of sp³-hybridized carbons (Fsp3) is 0.222. The van der Waals surface area contributed by atoms with E-state index in [0.717, 1.165) is 12.1 Å². The van der Waals surface area contributed by atoms with E-state index in [9.17, 15) is 23.7 Å². The van der Waals surface area contributed by atoms with Crippen molar-refractivity contribution in [2.75, 3.05) is 12.3 Å². The molecular formula is C9H9F2N3O3. The van der Waals surface area contributed by atoms with Gasteiger partial charge < -0.3 is 11.1 Å². The Balaban J connectivity index is 2.92. The van der Waals surface area contributed by atoms with Gasteiger partial charge in [0.15, 0.2) is 0 Å². The highest BCUT2D eigenvalue weighted by Gasteiger charge is 2.16. The molecule has 0 aromatic heterocycles. The molecule has 0 aliphatic carbocycles. The number of halogens is 2. The Morgan fingerprint density at radius 3 is 2.71 bits per heavy atom. The Morgan fingerprint density at radius 1 is 1.53 bits per heavy atom. The molecule has 0 radical (unpaired) electrons. The summed E-state index contributed by atoms with van der Waals surface area (Å²) in [5, 5.41) is 12.4. The minimum atomic E-state index is -2.70. The minimum Gasteiger partial charge on any atom is -0.398 e. The van der Waals surface area contributed by atoms with E-state index in [4.69, 9.17) is 5.73 Å². The Kier molecular flexibility index (Phi) is 3.91. The van der Waals surface area contributed by atoms with E-state index >= 15 is 0 Å². The molecule has 17 heavy (non-hydrogen) atoms. The summed E-state index contributed by atoms with van der Waals surface area (Å²) in [5.41, 5.74) is 4.89. The number of hydrogen-bond donors (Lipinski definition) is 2. The zero-order valence-corrected chi connectivity index (χ0v) is 8.52. The van der Waals surface area contributed by atoms with E-state index in [0.29, 0.717) is 0 Å². The van der Waals surface area contributed by atoms with E-state index in [1.54, 1.807) is 0 Å². The van der Waals surface area contributed by atoms with Crippen LogP contribution in [-0.2, 0) is 0 Å². The fourth-order valence-electron chi connectivity index (χ4n) is 1.12. The van der Waals surface area contributed by atoms with Crippen LogP contribution in [0.1, 0.15) is 10.4 Å². The highest BCUT2D eigenvalue weighted by atomic mass is 19.3. The first-order chi connectivity index (χ1) is 7.91. The quantitative estimate of drug-likeness (QED) is 0.472. The van der Waals surface area contributed by atoms with E-state index in [1.165, 1.54) is 6.07 Å². The number of nitro benzene ring substituents is 1. The summed E-state index contributed by atoms with van der Waals surface area (Å²) < 4.78 is 23.7. The van der Waals surface area contributed by atoms with Crippen LogP contribution in [0.25, 0.3) is 0 Å². The lowest BCUT2D eigenvalue weighted by Crippen LogP contribution is -2.29. The molecule has 0 atom stereocenters. The number of carbonyl (C=O) groups is 1. The zero-order valence-electron chi connectivity index (χ0n) is 8.52. The number of nitrogens with zero attached hydrogens (tertiary/aromatic N) is 1. The van der Waals surface area contributed by atoms with Gasteiger partial charge in [-0.25, -0.2) is 8.78 Å². The van der Waals surface area contributed by atoms with E-state index in [-0.39, 0.29) is 16.9 Å².